The first-order chi connectivity index (χ1) is 7.88. The number of aryl methyl sites for hydroxylation is 2. The second kappa shape index (κ2) is 5.64. The predicted octanol–water partition coefficient (Wildman–Crippen LogP) is 1.88. The van der Waals surface area contributed by atoms with Gasteiger partial charge in [-0.15, -0.1) is 0 Å². The third kappa shape index (κ3) is 3.54. The highest BCUT2D eigenvalue weighted by Crippen LogP contribution is 2.17. The topological polar surface area (TPSA) is 74.8 Å². The van der Waals surface area contributed by atoms with Crippen LogP contribution < -0.4 is 4.72 Å². The lowest BCUT2D eigenvalue weighted by molar-refractivity contribution is 0.533. The van der Waals surface area contributed by atoms with Gasteiger partial charge in [0.05, 0.1) is 11.4 Å². The fourth-order valence-corrected chi connectivity index (χ4v) is 3.48. The largest absolute Gasteiger partial charge is 0.281 e. The number of rotatable bonds is 6. The van der Waals surface area contributed by atoms with Gasteiger partial charge in [-0.25, -0.2) is 13.1 Å². The Kier molecular flexibility index (Phi) is 4.70. The highest BCUT2D eigenvalue weighted by Gasteiger charge is 2.23. The van der Waals surface area contributed by atoms with Gasteiger partial charge in [0, 0.05) is 6.04 Å². The van der Waals surface area contributed by atoms with E-state index in [1.807, 2.05) is 6.92 Å². The SMILES string of the molecule is CCCCC(C)NS(=O)(=O)c1c(C)n[nH]c1C. The standard InChI is InChI=1S/C11H21N3O2S/c1-5-6-7-8(2)14-17(15,16)11-9(3)12-13-10(11)4/h8,14H,5-7H2,1-4H3,(H,12,13). The minimum Gasteiger partial charge on any atom is -0.281 e. The summed E-state index contributed by atoms with van der Waals surface area (Å²) in [7, 11) is -3.45. The monoisotopic (exact) mass is 259 g/mol. The molecule has 0 fully saturated rings. The Labute approximate surface area is 103 Å². The molecular formula is C11H21N3O2S. The number of aromatic nitrogens is 2. The molecule has 0 aliphatic carbocycles. The highest BCUT2D eigenvalue weighted by molar-refractivity contribution is 7.89. The zero-order valence-corrected chi connectivity index (χ0v) is 11.7. The maximum absolute atomic E-state index is 12.1. The molecule has 1 aromatic rings. The van der Waals surface area contributed by atoms with Crippen molar-refractivity contribution in [1.82, 2.24) is 14.9 Å². The van der Waals surface area contributed by atoms with E-state index >= 15 is 0 Å². The van der Waals surface area contributed by atoms with E-state index in [1.54, 1.807) is 13.8 Å². The van der Waals surface area contributed by atoms with Gasteiger partial charge in [-0.2, -0.15) is 5.10 Å². The summed E-state index contributed by atoms with van der Waals surface area (Å²) in [4.78, 5) is 0.279. The Hall–Kier alpha value is -0.880. The van der Waals surface area contributed by atoms with Crippen molar-refractivity contribution >= 4 is 10.0 Å². The quantitative estimate of drug-likeness (QED) is 0.819. The molecular weight excluding hydrogens is 238 g/mol. The van der Waals surface area contributed by atoms with Gasteiger partial charge >= 0.3 is 0 Å². The fraction of sp³-hybridized carbons (Fsp3) is 0.727. The predicted molar refractivity (Wildman–Crippen MR) is 67.4 cm³/mol. The van der Waals surface area contributed by atoms with Gasteiger partial charge in [0.1, 0.15) is 4.90 Å². The number of nitrogens with one attached hydrogen (secondary N) is 2. The molecule has 0 radical (unpaired) electrons. The fourth-order valence-electron chi connectivity index (χ4n) is 1.83. The molecule has 1 unspecified atom stereocenters. The van der Waals surface area contributed by atoms with Crippen LogP contribution in [0.25, 0.3) is 0 Å². The summed E-state index contributed by atoms with van der Waals surface area (Å²) in [6.07, 6.45) is 2.94. The molecule has 0 spiro atoms. The first kappa shape index (κ1) is 14.2. The Morgan fingerprint density at radius 3 is 2.53 bits per heavy atom. The molecule has 1 atom stereocenters. The van der Waals surface area contributed by atoms with E-state index in [1.165, 1.54) is 0 Å². The zero-order valence-electron chi connectivity index (χ0n) is 10.9. The second-order valence-corrected chi connectivity index (χ2v) is 6.08. The molecule has 0 saturated carbocycles. The average Bonchev–Trinajstić information content (AvgIpc) is 2.55. The van der Waals surface area contributed by atoms with Crippen molar-refractivity contribution in [2.75, 3.05) is 0 Å². The van der Waals surface area contributed by atoms with Crippen LogP contribution in [0.3, 0.4) is 0 Å². The number of H-pyrrole nitrogens is 1. The van der Waals surface area contributed by atoms with Gasteiger partial charge in [0.25, 0.3) is 0 Å². The normalized spacial score (nSPS) is 13.9. The molecule has 98 valence electrons. The van der Waals surface area contributed by atoms with Crippen LogP contribution in [-0.4, -0.2) is 24.7 Å². The summed E-state index contributed by atoms with van der Waals surface area (Å²) in [5.74, 6) is 0. The van der Waals surface area contributed by atoms with Gasteiger partial charge in [-0.05, 0) is 27.2 Å². The molecule has 0 bridgehead atoms. The van der Waals surface area contributed by atoms with Crippen molar-refractivity contribution in [1.29, 1.82) is 0 Å². The van der Waals surface area contributed by atoms with E-state index in [0.717, 1.165) is 19.3 Å². The molecule has 1 aromatic heterocycles. The number of hydrogen-bond acceptors (Lipinski definition) is 3. The van der Waals surface area contributed by atoms with Crippen LogP contribution >= 0.6 is 0 Å². The molecule has 0 aromatic carbocycles. The molecule has 1 heterocycles. The van der Waals surface area contributed by atoms with E-state index < -0.39 is 10.0 Å². The van der Waals surface area contributed by atoms with Crippen LogP contribution in [0.5, 0.6) is 0 Å². The summed E-state index contributed by atoms with van der Waals surface area (Å²) in [6, 6.07) is -0.0475. The first-order valence-corrected chi connectivity index (χ1v) is 7.40. The molecule has 17 heavy (non-hydrogen) atoms. The maximum Gasteiger partial charge on any atom is 0.244 e. The number of sulfonamides is 1. The summed E-state index contributed by atoms with van der Waals surface area (Å²) < 4.78 is 27.0. The summed E-state index contributed by atoms with van der Waals surface area (Å²) in [5.41, 5.74) is 1.09. The van der Waals surface area contributed by atoms with E-state index in [0.29, 0.717) is 11.4 Å². The summed E-state index contributed by atoms with van der Waals surface area (Å²) in [5, 5.41) is 6.60. The highest BCUT2D eigenvalue weighted by atomic mass is 32.2. The molecule has 0 aliphatic rings. The lowest BCUT2D eigenvalue weighted by Crippen LogP contribution is -2.33. The molecule has 0 saturated heterocycles. The lowest BCUT2D eigenvalue weighted by Gasteiger charge is -2.13. The third-order valence-corrected chi connectivity index (χ3v) is 4.53. The minimum atomic E-state index is -3.45. The van der Waals surface area contributed by atoms with Crippen molar-refractivity contribution in [3.05, 3.63) is 11.4 Å². The van der Waals surface area contributed by atoms with Crippen molar-refractivity contribution in [2.45, 2.75) is 57.9 Å². The Bertz CT molecular complexity index is 446. The van der Waals surface area contributed by atoms with E-state index in [4.69, 9.17) is 0 Å². The van der Waals surface area contributed by atoms with Gasteiger partial charge in [0.15, 0.2) is 0 Å². The average molecular weight is 259 g/mol. The first-order valence-electron chi connectivity index (χ1n) is 5.92. The van der Waals surface area contributed by atoms with Crippen molar-refractivity contribution in [3.8, 4) is 0 Å². The number of nitrogens with zero attached hydrogens (tertiary/aromatic N) is 1. The smallest absolute Gasteiger partial charge is 0.244 e. The molecule has 2 N–H and O–H groups in total. The summed E-state index contributed by atoms with van der Waals surface area (Å²) in [6.45, 7) is 7.38. The number of unbranched alkanes of at least 4 members (excludes halogenated alkanes) is 1. The van der Waals surface area contributed by atoms with E-state index in [9.17, 15) is 8.42 Å². The molecule has 1 rings (SSSR count). The van der Waals surface area contributed by atoms with Crippen molar-refractivity contribution in [3.63, 3.8) is 0 Å². The molecule has 5 nitrogen and oxygen atoms in total. The Balaban J connectivity index is 2.83. The second-order valence-electron chi connectivity index (χ2n) is 4.43. The molecule has 6 heteroatoms. The number of hydrogen-bond donors (Lipinski definition) is 2. The molecule has 0 aliphatic heterocycles. The van der Waals surface area contributed by atoms with Gasteiger partial charge < -0.3 is 0 Å². The Morgan fingerprint density at radius 1 is 1.41 bits per heavy atom. The number of aromatic amines is 1. The van der Waals surface area contributed by atoms with Crippen LogP contribution in [0.1, 0.15) is 44.5 Å². The van der Waals surface area contributed by atoms with Crippen molar-refractivity contribution in [2.24, 2.45) is 0 Å². The molecule has 0 amide bonds. The zero-order chi connectivity index (χ0) is 13.1. The van der Waals surface area contributed by atoms with Gasteiger partial charge in [0.2, 0.25) is 10.0 Å². The Morgan fingerprint density at radius 2 is 2.06 bits per heavy atom. The van der Waals surface area contributed by atoms with Gasteiger partial charge in [-0.1, -0.05) is 19.8 Å². The maximum atomic E-state index is 12.1. The third-order valence-electron chi connectivity index (χ3n) is 2.68. The van der Waals surface area contributed by atoms with Crippen LogP contribution in [0.15, 0.2) is 4.90 Å². The van der Waals surface area contributed by atoms with Crippen LogP contribution in [-0.2, 0) is 10.0 Å². The van der Waals surface area contributed by atoms with Crippen LogP contribution in [0, 0.1) is 13.8 Å². The lowest BCUT2D eigenvalue weighted by atomic mass is 10.2. The van der Waals surface area contributed by atoms with E-state index in [-0.39, 0.29) is 10.9 Å². The minimum absolute atomic E-state index is 0.0475. The van der Waals surface area contributed by atoms with E-state index in [2.05, 4.69) is 21.8 Å². The van der Waals surface area contributed by atoms with Crippen LogP contribution in [0.2, 0.25) is 0 Å². The van der Waals surface area contributed by atoms with Gasteiger partial charge in [-0.3, -0.25) is 5.10 Å². The summed E-state index contributed by atoms with van der Waals surface area (Å²) >= 11 is 0. The van der Waals surface area contributed by atoms with Crippen molar-refractivity contribution < 1.29 is 8.42 Å². The van der Waals surface area contributed by atoms with Crippen LogP contribution in [0.4, 0.5) is 0 Å².